The van der Waals surface area contributed by atoms with E-state index in [1.165, 1.54) is 30.5 Å². The highest BCUT2D eigenvalue weighted by Crippen LogP contribution is 2.28. The fourth-order valence-electron chi connectivity index (χ4n) is 1.71. The summed E-state index contributed by atoms with van der Waals surface area (Å²) in [6.07, 6.45) is 1.33. The van der Waals surface area contributed by atoms with Gasteiger partial charge in [-0.15, -0.1) is 0 Å². The van der Waals surface area contributed by atoms with E-state index in [2.05, 4.69) is 18.5 Å². The van der Waals surface area contributed by atoms with Crippen LogP contribution in [0.3, 0.4) is 0 Å². The Labute approximate surface area is 129 Å². The highest BCUT2D eigenvalue weighted by atomic mass is 35.5. The molecule has 108 valence electrons. The molecule has 0 saturated carbocycles. The maximum absolute atomic E-state index is 12.4. The first-order chi connectivity index (χ1) is 9.97. The number of anilines is 2. The van der Waals surface area contributed by atoms with Crippen LogP contribution in [0.25, 0.3) is 11.0 Å². The number of nitrogen functional groups attached to an aromatic ring is 1. The third-order valence-corrected chi connectivity index (χ3v) is 4.90. The van der Waals surface area contributed by atoms with E-state index in [1.54, 1.807) is 0 Å². The predicted octanol–water partition coefficient (Wildman–Crippen LogP) is 2.12. The Kier molecular flexibility index (Phi) is 3.40. The number of aromatic nitrogens is 3. The number of hydrogen-bond acceptors (Lipinski definition) is 7. The van der Waals surface area contributed by atoms with Crippen LogP contribution in [-0.2, 0) is 10.0 Å². The molecule has 0 fully saturated rings. The van der Waals surface area contributed by atoms with Crippen molar-refractivity contribution < 1.29 is 8.42 Å². The number of nitrogens with zero attached hydrogens (tertiary/aromatic N) is 3. The van der Waals surface area contributed by atoms with Crippen molar-refractivity contribution in [3.63, 3.8) is 0 Å². The molecule has 2 aromatic heterocycles. The summed E-state index contributed by atoms with van der Waals surface area (Å²) in [5.41, 5.74) is 6.36. The van der Waals surface area contributed by atoms with Crippen LogP contribution in [0.1, 0.15) is 0 Å². The van der Waals surface area contributed by atoms with Crippen molar-refractivity contribution in [2.45, 2.75) is 4.90 Å². The second kappa shape index (κ2) is 5.10. The third kappa shape index (κ3) is 2.62. The molecule has 3 rings (SSSR count). The maximum Gasteiger partial charge on any atom is 0.264 e. The van der Waals surface area contributed by atoms with Gasteiger partial charge in [0.2, 0.25) is 0 Å². The van der Waals surface area contributed by atoms with Gasteiger partial charge in [0, 0.05) is 0 Å². The number of sulfonamides is 1. The molecule has 0 bridgehead atoms. The minimum Gasteiger partial charge on any atom is -0.384 e. The summed E-state index contributed by atoms with van der Waals surface area (Å²) in [5.74, 6) is 0.301. The predicted molar refractivity (Wildman–Crippen MR) is 81.9 cm³/mol. The molecular weight excluding hydrogens is 334 g/mol. The number of rotatable bonds is 3. The molecule has 0 spiro atoms. The first kappa shape index (κ1) is 14.0. The van der Waals surface area contributed by atoms with Gasteiger partial charge in [0.25, 0.3) is 10.0 Å². The van der Waals surface area contributed by atoms with Gasteiger partial charge in [0.15, 0.2) is 0 Å². The fraction of sp³-hybridized carbons (Fsp3) is 0. The molecule has 0 radical (unpaired) electrons. The Morgan fingerprint density at radius 1 is 1.14 bits per heavy atom. The van der Waals surface area contributed by atoms with Gasteiger partial charge < -0.3 is 5.73 Å². The van der Waals surface area contributed by atoms with E-state index in [0.717, 1.165) is 11.7 Å². The van der Waals surface area contributed by atoms with Crippen molar-refractivity contribution in [2.75, 3.05) is 10.5 Å². The zero-order valence-electron chi connectivity index (χ0n) is 10.3. The normalized spacial score (nSPS) is 11.7. The van der Waals surface area contributed by atoms with Crippen molar-refractivity contribution in [2.24, 2.45) is 0 Å². The second-order valence-electron chi connectivity index (χ2n) is 4.08. The number of nitrogens with two attached hydrogens (primary N) is 1. The van der Waals surface area contributed by atoms with E-state index < -0.39 is 10.0 Å². The van der Waals surface area contributed by atoms with Gasteiger partial charge in [-0.2, -0.15) is 8.75 Å². The summed E-state index contributed by atoms with van der Waals surface area (Å²) in [7, 11) is -3.82. The monoisotopic (exact) mass is 341 g/mol. The van der Waals surface area contributed by atoms with Gasteiger partial charge in [-0.05, 0) is 24.3 Å². The van der Waals surface area contributed by atoms with Gasteiger partial charge in [0.05, 0.1) is 28.6 Å². The van der Waals surface area contributed by atoms with Crippen LogP contribution in [-0.4, -0.2) is 22.1 Å². The van der Waals surface area contributed by atoms with Crippen molar-refractivity contribution in [1.82, 2.24) is 13.7 Å². The first-order valence-corrected chi connectivity index (χ1v) is 8.21. The van der Waals surface area contributed by atoms with Crippen LogP contribution in [0.15, 0.2) is 35.4 Å². The van der Waals surface area contributed by atoms with Gasteiger partial charge in [-0.25, -0.2) is 13.4 Å². The highest BCUT2D eigenvalue weighted by Gasteiger charge is 2.21. The Bertz CT molecular complexity index is 908. The zero-order chi connectivity index (χ0) is 15.0. The average molecular weight is 342 g/mol. The van der Waals surface area contributed by atoms with E-state index >= 15 is 0 Å². The van der Waals surface area contributed by atoms with Crippen molar-refractivity contribution >= 4 is 55.9 Å². The lowest BCUT2D eigenvalue weighted by molar-refractivity contribution is 0.602. The quantitative estimate of drug-likeness (QED) is 0.754. The molecule has 0 aliphatic carbocycles. The second-order valence-corrected chi connectivity index (χ2v) is 6.67. The van der Waals surface area contributed by atoms with Crippen molar-refractivity contribution in [3.05, 3.63) is 35.5 Å². The molecule has 0 atom stereocenters. The molecular formula is C11H8ClN5O2S2. The number of nitrogens with one attached hydrogen (secondary N) is 1. The fourth-order valence-corrected chi connectivity index (χ4v) is 3.77. The molecule has 2 heterocycles. The van der Waals surface area contributed by atoms with Crippen molar-refractivity contribution in [1.29, 1.82) is 0 Å². The molecule has 21 heavy (non-hydrogen) atoms. The van der Waals surface area contributed by atoms with E-state index in [4.69, 9.17) is 17.3 Å². The molecule has 10 heteroatoms. The lowest BCUT2D eigenvalue weighted by atomic mass is 10.3. The summed E-state index contributed by atoms with van der Waals surface area (Å²) in [4.78, 5) is 3.83. The summed E-state index contributed by atoms with van der Waals surface area (Å²) in [6, 6.07) is 5.88. The zero-order valence-corrected chi connectivity index (χ0v) is 12.7. The maximum atomic E-state index is 12.4. The average Bonchev–Trinajstić information content (AvgIpc) is 2.91. The van der Waals surface area contributed by atoms with Gasteiger partial charge in [0.1, 0.15) is 21.7 Å². The number of benzene rings is 1. The van der Waals surface area contributed by atoms with Crippen molar-refractivity contribution in [3.8, 4) is 0 Å². The van der Waals surface area contributed by atoms with Crippen LogP contribution < -0.4 is 10.5 Å². The Morgan fingerprint density at radius 2 is 1.90 bits per heavy atom. The molecule has 1 aromatic carbocycles. The highest BCUT2D eigenvalue weighted by molar-refractivity contribution is 7.93. The first-order valence-electron chi connectivity index (χ1n) is 5.62. The van der Waals surface area contributed by atoms with Crippen LogP contribution in [0.4, 0.5) is 11.5 Å². The molecule has 7 nitrogen and oxygen atoms in total. The van der Waals surface area contributed by atoms with E-state index in [9.17, 15) is 8.42 Å². The summed E-state index contributed by atoms with van der Waals surface area (Å²) in [6.45, 7) is 0. The van der Waals surface area contributed by atoms with Gasteiger partial charge in [-0.3, -0.25) is 4.72 Å². The molecule has 3 aromatic rings. The lowest BCUT2D eigenvalue weighted by Crippen LogP contribution is -2.13. The molecule has 0 aliphatic rings. The molecule has 3 N–H and O–H groups in total. The molecule has 0 unspecified atom stereocenters. The van der Waals surface area contributed by atoms with Crippen LogP contribution in [0.2, 0.25) is 5.02 Å². The van der Waals surface area contributed by atoms with Gasteiger partial charge in [-0.1, -0.05) is 11.6 Å². The number of pyridine rings is 1. The SMILES string of the molecule is Nc1ccc(NS(=O)(=O)c2ccc(Cl)c3nsnc23)cn1. The van der Waals surface area contributed by atoms with E-state index in [1.807, 2.05) is 0 Å². The number of halogens is 1. The minimum atomic E-state index is -3.82. The van der Waals surface area contributed by atoms with Crippen LogP contribution in [0.5, 0.6) is 0 Å². The Hall–Kier alpha value is -1.97. The minimum absolute atomic E-state index is 0.00692. The number of fused-ring (bicyclic) bond motifs is 1. The number of hydrogen-bond donors (Lipinski definition) is 2. The lowest BCUT2D eigenvalue weighted by Gasteiger charge is -2.08. The standard InChI is InChI=1S/C11H8ClN5O2S2/c12-7-2-3-8(11-10(7)15-20-16-11)21(18,19)17-6-1-4-9(13)14-5-6/h1-5,17H,(H2,13,14). The Balaban J connectivity index is 2.06. The smallest absolute Gasteiger partial charge is 0.264 e. The molecule has 0 amide bonds. The Morgan fingerprint density at radius 3 is 2.62 bits per heavy atom. The topological polar surface area (TPSA) is 111 Å². The summed E-state index contributed by atoms with van der Waals surface area (Å²) < 4.78 is 35.3. The van der Waals surface area contributed by atoms with Crippen LogP contribution >= 0.6 is 23.3 Å². The van der Waals surface area contributed by atoms with Crippen LogP contribution in [0, 0.1) is 0 Å². The molecule has 0 aliphatic heterocycles. The third-order valence-electron chi connectivity index (χ3n) is 2.66. The van der Waals surface area contributed by atoms with E-state index in [0.29, 0.717) is 22.0 Å². The van der Waals surface area contributed by atoms with Gasteiger partial charge >= 0.3 is 0 Å². The largest absolute Gasteiger partial charge is 0.384 e. The summed E-state index contributed by atoms with van der Waals surface area (Å²) >= 11 is 6.86. The summed E-state index contributed by atoms with van der Waals surface area (Å²) in [5, 5.41) is 0.354. The van der Waals surface area contributed by atoms with E-state index in [-0.39, 0.29) is 10.4 Å². The molecule has 0 saturated heterocycles.